The summed E-state index contributed by atoms with van der Waals surface area (Å²) in [6, 6.07) is 0. The number of hydrogen-bond donors (Lipinski definition) is 0. The summed E-state index contributed by atoms with van der Waals surface area (Å²) < 4.78 is 7.06. The summed E-state index contributed by atoms with van der Waals surface area (Å²) in [5, 5.41) is 0. The van der Waals surface area contributed by atoms with Crippen molar-refractivity contribution in [3.8, 4) is 0 Å². The molecular formula is C44H90O. The Balaban J connectivity index is 4.44. The van der Waals surface area contributed by atoms with E-state index < -0.39 is 0 Å². The monoisotopic (exact) mass is 635 g/mol. The van der Waals surface area contributed by atoms with E-state index >= 15 is 0 Å². The maximum absolute atomic E-state index is 7.06. The highest BCUT2D eigenvalue weighted by molar-refractivity contribution is 4.67. The van der Waals surface area contributed by atoms with Crippen LogP contribution < -0.4 is 0 Å². The van der Waals surface area contributed by atoms with Crippen LogP contribution in [0.4, 0.5) is 0 Å². The highest BCUT2D eigenvalue weighted by Gasteiger charge is 2.17. The Hall–Kier alpha value is -0.0400. The first-order valence-corrected chi connectivity index (χ1v) is 21.9. The molecule has 272 valence electrons. The van der Waals surface area contributed by atoms with E-state index in [0.29, 0.717) is 12.2 Å². The lowest BCUT2D eigenvalue weighted by atomic mass is 9.99. The number of hydrogen-bond acceptors (Lipinski definition) is 1. The van der Waals surface area contributed by atoms with E-state index in [1.807, 2.05) is 0 Å². The molecule has 0 saturated carbocycles. The topological polar surface area (TPSA) is 9.23 Å². The maximum atomic E-state index is 7.06. The third kappa shape index (κ3) is 36.6. The first-order chi connectivity index (χ1) is 22.3. The quantitative estimate of drug-likeness (QED) is 0.0609. The third-order valence-corrected chi connectivity index (χ3v) is 10.4. The zero-order valence-corrected chi connectivity index (χ0v) is 32.4. The lowest BCUT2D eigenvalue weighted by Crippen LogP contribution is -2.23. The Labute approximate surface area is 288 Å². The Morgan fingerprint density at radius 3 is 0.556 bits per heavy atom. The molecule has 0 radical (unpaired) electrons. The average Bonchev–Trinajstić information content (AvgIpc) is 3.05. The van der Waals surface area contributed by atoms with Crippen LogP contribution >= 0.6 is 0 Å². The van der Waals surface area contributed by atoms with Gasteiger partial charge in [-0.15, -0.1) is 0 Å². The normalized spacial score (nSPS) is 13.1. The van der Waals surface area contributed by atoms with Gasteiger partial charge in [0.15, 0.2) is 0 Å². The van der Waals surface area contributed by atoms with Crippen molar-refractivity contribution >= 4 is 0 Å². The second-order valence-corrected chi connectivity index (χ2v) is 15.1. The predicted octanol–water partition coefficient (Wildman–Crippen LogP) is 16.6. The molecule has 0 spiro atoms. The minimum absolute atomic E-state index is 0.521. The number of unbranched alkanes of at least 4 members (excludes halogenated alkanes) is 30. The molecule has 0 aliphatic heterocycles. The summed E-state index contributed by atoms with van der Waals surface area (Å²) in [5.74, 6) is 0. The molecular weight excluding hydrogens is 544 g/mol. The van der Waals surface area contributed by atoms with Crippen LogP contribution in [0, 0.1) is 0 Å². The van der Waals surface area contributed by atoms with Crippen LogP contribution in [0.3, 0.4) is 0 Å². The van der Waals surface area contributed by atoms with Crippen molar-refractivity contribution in [2.45, 2.75) is 284 Å². The highest BCUT2D eigenvalue weighted by atomic mass is 16.5. The molecule has 0 saturated heterocycles. The van der Waals surface area contributed by atoms with Crippen LogP contribution in [0.15, 0.2) is 0 Å². The molecule has 0 aliphatic carbocycles. The van der Waals surface area contributed by atoms with E-state index in [1.165, 1.54) is 244 Å². The molecule has 1 nitrogen and oxygen atoms in total. The van der Waals surface area contributed by atoms with Crippen molar-refractivity contribution < 1.29 is 4.74 Å². The summed E-state index contributed by atoms with van der Waals surface area (Å²) in [5.41, 5.74) is 0. The van der Waals surface area contributed by atoms with Crippen LogP contribution in [-0.4, -0.2) is 12.2 Å². The molecule has 0 fully saturated rings. The summed E-state index contributed by atoms with van der Waals surface area (Å²) in [6.07, 6.45) is 54.8. The van der Waals surface area contributed by atoms with Crippen molar-refractivity contribution in [2.24, 2.45) is 0 Å². The third-order valence-electron chi connectivity index (χ3n) is 10.4. The molecule has 0 bridgehead atoms. The Kier molecular flexibility index (Phi) is 40.1. The molecule has 45 heavy (non-hydrogen) atoms. The molecule has 0 rings (SSSR count). The smallest absolute Gasteiger partial charge is 0.0578 e. The Morgan fingerprint density at radius 2 is 0.378 bits per heavy atom. The molecule has 0 heterocycles. The van der Waals surface area contributed by atoms with Gasteiger partial charge in [-0.3, -0.25) is 0 Å². The van der Waals surface area contributed by atoms with Gasteiger partial charge in [0.1, 0.15) is 0 Å². The lowest BCUT2D eigenvalue weighted by molar-refractivity contribution is -0.0324. The molecule has 1 heteroatoms. The molecule has 0 aromatic heterocycles. The fourth-order valence-corrected chi connectivity index (χ4v) is 7.21. The summed E-state index contributed by atoms with van der Waals surface area (Å²) in [6.45, 7) is 9.30. The van der Waals surface area contributed by atoms with Gasteiger partial charge in [-0.25, -0.2) is 0 Å². The van der Waals surface area contributed by atoms with Crippen molar-refractivity contribution in [2.75, 3.05) is 0 Å². The van der Waals surface area contributed by atoms with Gasteiger partial charge in [0.05, 0.1) is 12.2 Å². The van der Waals surface area contributed by atoms with Gasteiger partial charge < -0.3 is 4.74 Å². The minimum Gasteiger partial charge on any atom is -0.375 e. The summed E-state index contributed by atoms with van der Waals surface area (Å²) in [4.78, 5) is 0. The van der Waals surface area contributed by atoms with E-state index in [4.69, 9.17) is 4.74 Å². The summed E-state index contributed by atoms with van der Waals surface area (Å²) in [7, 11) is 0. The average molecular weight is 635 g/mol. The zero-order valence-electron chi connectivity index (χ0n) is 32.4. The summed E-state index contributed by atoms with van der Waals surface area (Å²) >= 11 is 0. The Morgan fingerprint density at radius 1 is 0.222 bits per heavy atom. The van der Waals surface area contributed by atoms with E-state index in [9.17, 15) is 0 Å². The molecule has 2 unspecified atom stereocenters. The van der Waals surface area contributed by atoms with Crippen LogP contribution in [0.1, 0.15) is 272 Å². The first kappa shape index (κ1) is 45.0. The second kappa shape index (κ2) is 40.1. The van der Waals surface area contributed by atoms with E-state index in [2.05, 4.69) is 27.7 Å². The fraction of sp³-hybridized carbons (Fsp3) is 1.00. The lowest BCUT2D eigenvalue weighted by Gasteiger charge is -2.26. The van der Waals surface area contributed by atoms with Crippen molar-refractivity contribution in [1.29, 1.82) is 0 Å². The molecule has 0 aliphatic rings. The standard InChI is InChI=1S/C44H90O/c1-5-9-13-17-19-21-23-25-27-29-33-37-41-43(39-35-31-15-11-7-3)45-44(40-36-32-16-12-8-4)42-38-34-30-28-26-24-22-20-18-14-10-6-2/h43-44H,5-42H2,1-4H3. The minimum atomic E-state index is 0.521. The molecule has 0 N–H and O–H groups in total. The van der Waals surface area contributed by atoms with Crippen LogP contribution in [-0.2, 0) is 4.74 Å². The van der Waals surface area contributed by atoms with Crippen molar-refractivity contribution in [1.82, 2.24) is 0 Å². The van der Waals surface area contributed by atoms with E-state index in [1.54, 1.807) is 0 Å². The predicted molar refractivity (Wildman–Crippen MR) is 207 cm³/mol. The van der Waals surface area contributed by atoms with Crippen LogP contribution in [0.5, 0.6) is 0 Å². The van der Waals surface area contributed by atoms with Gasteiger partial charge in [0.2, 0.25) is 0 Å². The first-order valence-electron chi connectivity index (χ1n) is 21.9. The van der Waals surface area contributed by atoms with Gasteiger partial charge in [-0.05, 0) is 25.7 Å². The van der Waals surface area contributed by atoms with Gasteiger partial charge in [0, 0.05) is 0 Å². The van der Waals surface area contributed by atoms with Gasteiger partial charge >= 0.3 is 0 Å². The number of ether oxygens (including phenoxy) is 1. The zero-order chi connectivity index (χ0) is 32.7. The number of rotatable bonds is 40. The fourth-order valence-electron chi connectivity index (χ4n) is 7.21. The van der Waals surface area contributed by atoms with E-state index in [0.717, 1.165) is 0 Å². The molecule has 0 aromatic rings. The SMILES string of the molecule is CCCCCCCCCCCCCCC(CCCCCCC)OC(CCCCCCC)CCCCCCCCCCCCCC. The highest BCUT2D eigenvalue weighted by Crippen LogP contribution is 2.24. The van der Waals surface area contributed by atoms with Gasteiger partial charge in [0.25, 0.3) is 0 Å². The largest absolute Gasteiger partial charge is 0.375 e. The van der Waals surface area contributed by atoms with E-state index in [-0.39, 0.29) is 0 Å². The Bertz CT molecular complexity index is 457. The van der Waals surface area contributed by atoms with Crippen LogP contribution in [0.2, 0.25) is 0 Å². The maximum Gasteiger partial charge on any atom is 0.0578 e. The second-order valence-electron chi connectivity index (χ2n) is 15.1. The van der Waals surface area contributed by atoms with Crippen LogP contribution in [0.25, 0.3) is 0 Å². The molecule has 2 atom stereocenters. The molecule has 0 amide bonds. The molecule has 0 aromatic carbocycles. The van der Waals surface area contributed by atoms with Gasteiger partial charge in [-0.2, -0.15) is 0 Å². The van der Waals surface area contributed by atoms with Gasteiger partial charge in [-0.1, -0.05) is 246 Å². The van der Waals surface area contributed by atoms with Crippen molar-refractivity contribution in [3.05, 3.63) is 0 Å². The van der Waals surface area contributed by atoms with Crippen molar-refractivity contribution in [3.63, 3.8) is 0 Å².